The van der Waals surface area contributed by atoms with Crippen molar-refractivity contribution in [2.45, 2.75) is 20.8 Å². The van der Waals surface area contributed by atoms with Gasteiger partial charge in [-0.3, -0.25) is 4.79 Å². The first-order valence-corrected chi connectivity index (χ1v) is 5.77. The topological polar surface area (TPSA) is 17.1 Å². The first kappa shape index (κ1) is 11.6. The van der Waals surface area contributed by atoms with Gasteiger partial charge in [-0.15, -0.1) is 0 Å². The fourth-order valence-electron chi connectivity index (χ4n) is 2.04. The Bertz CT molecular complexity index is 567. The third-order valence-electron chi connectivity index (χ3n) is 3.02. The predicted octanol–water partition coefficient (Wildman–Crippen LogP) is 3.84. The predicted molar refractivity (Wildman–Crippen MR) is 70.5 cm³/mol. The zero-order chi connectivity index (χ0) is 12.4. The lowest BCUT2D eigenvalue weighted by molar-refractivity contribution is 0.103. The summed E-state index contributed by atoms with van der Waals surface area (Å²) in [5.41, 5.74) is 4.84. The van der Waals surface area contributed by atoms with E-state index in [2.05, 4.69) is 0 Å². The van der Waals surface area contributed by atoms with Gasteiger partial charge in [0.1, 0.15) is 0 Å². The summed E-state index contributed by atoms with van der Waals surface area (Å²) in [6.45, 7) is 5.99. The Hall–Kier alpha value is -1.89. The van der Waals surface area contributed by atoms with Gasteiger partial charge in [0.15, 0.2) is 5.78 Å². The highest BCUT2D eigenvalue weighted by Gasteiger charge is 2.13. The first-order valence-electron chi connectivity index (χ1n) is 5.77. The van der Waals surface area contributed by atoms with E-state index in [4.69, 9.17) is 0 Å². The van der Waals surface area contributed by atoms with Crippen LogP contribution in [0.4, 0.5) is 0 Å². The first-order chi connectivity index (χ1) is 8.09. The van der Waals surface area contributed by atoms with E-state index in [0.717, 1.165) is 22.3 Å². The average molecular weight is 224 g/mol. The van der Waals surface area contributed by atoms with Gasteiger partial charge in [-0.2, -0.15) is 0 Å². The molecule has 0 aromatic heterocycles. The van der Waals surface area contributed by atoms with Gasteiger partial charge in [-0.05, 0) is 31.9 Å². The zero-order valence-corrected chi connectivity index (χ0v) is 10.4. The van der Waals surface area contributed by atoms with Crippen LogP contribution < -0.4 is 0 Å². The Balaban J connectivity index is 2.48. The molecule has 0 amide bonds. The van der Waals surface area contributed by atoms with E-state index in [9.17, 15) is 4.79 Å². The van der Waals surface area contributed by atoms with Gasteiger partial charge in [-0.25, -0.2) is 0 Å². The molecule has 0 heterocycles. The van der Waals surface area contributed by atoms with Crippen molar-refractivity contribution in [2.24, 2.45) is 0 Å². The molecule has 1 nitrogen and oxygen atoms in total. The van der Waals surface area contributed by atoms with Gasteiger partial charge in [0.2, 0.25) is 0 Å². The molecule has 0 bridgehead atoms. The van der Waals surface area contributed by atoms with Gasteiger partial charge >= 0.3 is 0 Å². The normalized spacial score (nSPS) is 10.3. The van der Waals surface area contributed by atoms with Crippen LogP contribution in [0.25, 0.3) is 0 Å². The molecule has 0 radical (unpaired) electrons. The molecule has 2 aromatic carbocycles. The number of aryl methyl sites for hydroxylation is 3. The molecule has 0 aliphatic rings. The second kappa shape index (κ2) is 4.54. The zero-order valence-electron chi connectivity index (χ0n) is 10.4. The molecular formula is C16H16O. The fraction of sp³-hybridized carbons (Fsp3) is 0.188. The van der Waals surface area contributed by atoms with Crippen LogP contribution in [0, 0.1) is 20.8 Å². The largest absolute Gasteiger partial charge is 0.289 e. The molecule has 0 atom stereocenters. The third kappa shape index (κ3) is 2.28. The molecule has 0 spiro atoms. The highest BCUT2D eigenvalue weighted by Crippen LogP contribution is 2.17. The molecule has 0 saturated heterocycles. The summed E-state index contributed by atoms with van der Waals surface area (Å²) in [4.78, 5) is 12.4. The Morgan fingerprint density at radius 2 is 1.47 bits per heavy atom. The monoisotopic (exact) mass is 224 g/mol. The summed E-state index contributed by atoms with van der Waals surface area (Å²) in [6.07, 6.45) is 0. The molecule has 17 heavy (non-hydrogen) atoms. The number of hydrogen-bond acceptors (Lipinski definition) is 1. The number of carbonyl (C=O) groups is 1. The maximum atomic E-state index is 12.4. The van der Waals surface area contributed by atoms with Crippen molar-refractivity contribution in [3.8, 4) is 0 Å². The standard InChI is InChI=1S/C16H16O/c1-11-8-9-15(13(3)10-11)16(17)14-7-5-4-6-12(14)2/h4-10H,1-3H3. The third-order valence-corrected chi connectivity index (χ3v) is 3.02. The molecule has 0 N–H and O–H groups in total. The van der Waals surface area contributed by atoms with Crippen molar-refractivity contribution in [3.05, 3.63) is 70.3 Å². The maximum absolute atomic E-state index is 12.4. The van der Waals surface area contributed by atoms with Gasteiger partial charge in [0, 0.05) is 11.1 Å². The second-order valence-electron chi connectivity index (χ2n) is 4.46. The summed E-state index contributed by atoms with van der Waals surface area (Å²) in [5, 5.41) is 0. The van der Waals surface area contributed by atoms with Gasteiger partial charge in [0.25, 0.3) is 0 Å². The van der Waals surface area contributed by atoms with Crippen LogP contribution in [-0.2, 0) is 0 Å². The van der Waals surface area contributed by atoms with Crippen molar-refractivity contribution >= 4 is 5.78 Å². The van der Waals surface area contributed by atoms with Crippen LogP contribution in [0.15, 0.2) is 42.5 Å². The summed E-state index contributed by atoms with van der Waals surface area (Å²) in [7, 11) is 0. The average Bonchev–Trinajstić information content (AvgIpc) is 2.29. The van der Waals surface area contributed by atoms with Crippen LogP contribution in [0.3, 0.4) is 0 Å². The van der Waals surface area contributed by atoms with Crippen LogP contribution >= 0.6 is 0 Å². The van der Waals surface area contributed by atoms with Crippen LogP contribution in [0.1, 0.15) is 32.6 Å². The molecule has 1 heteroatoms. The molecule has 0 saturated carbocycles. The smallest absolute Gasteiger partial charge is 0.193 e. The van der Waals surface area contributed by atoms with Crippen LogP contribution in [0.2, 0.25) is 0 Å². The van der Waals surface area contributed by atoms with Crippen LogP contribution in [-0.4, -0.2) is 5.78 Å². The Morgan fingerprint density at radius 1 is 0.824 bits per heavy atom. The number of ketones is 1. The molecule has 2 rings (SSSR count). The van der Waals surface area contributed by atoms with E-state index in [1.807, 2.05) is 63.2 Å². The molecular weight excluding hydrogens is 208 g/mol. The summed E-state index contributed by atoms with van der Waals surface area (Å²) in [5.74, 6) is 0.112. The van der Waals surface area contributed by atoms with E-state index in [1.54, 1.807) is 0 Å². The maximum Gasteiger partial charge on any atom is 0.193 e. The molecule has 2 aromatic rings. The minimum atomic E-state index is 0.112. The summed E-state index contributed by atoms with van der Waals surface area (Å²) in [6, 6.07) is 13.7. The minimum absolute atomic E-state index is 0.112. The van der Waals surface area contributed by atoms with E-state index < -0.39 is 0 Å². The highest BCUT2D eigenvalue weighted by molar-refractivity contribution is 6.10. The van der Waals surface area contributed by atoms with Crippen molar-refractivity contribution in [3.63, 3.8) is 0 Å². The van der Waals surface area contributed by atoms with Gasteiger partial charge in [-0.1, -0.05) is 48.0 Å². The lowest BCUT2D eigenvalue weighted by atomic mass is 9.95. The molecule has 0 unspecified atom stereocenters. The van der Waals surface area contributed by atoms with E-state index >= 15 is 0 Å². The summed E-state index contributed by atoms with van der Waals surface area (Å²) < 4.78 is 0. The number of benzene rings is 2. The fourth-order valence-corrected chi connectivity index (χ4v) is 2.04. The Labute approximate surface area is 102 Å². The molecule has 0 aliphatic heterocycles. The van der Waals surface area contributed by atoms with Crippen molar-refractivity contribution < 1.29 is 4.79 Å². The van der Waals surface area contributed by atoms with E-state index in [1.165, 1.54) is 5.56 Å². The van der Waals surface area contributed by atoms with Gasteiger partial charge in [0.05, 0.1) is 0 Å². The second-order valence-corrected chi connectivity index (χ2v) is 4.46. The lowest BCUT2D eigenvalue weighted by Crippen LogP contribution is -2.05. The highest BCUT2D eigenvalue weighted by atomic mass is 16.1. The van der Waals surface area contributed by atoms with E-state index in [0.29, 0.717) is 0 Å². The molecule has 86 valence electrons. The van der Waals surface area contributed by atoms with E-state index in [-0.39, 0.29) is 5.78 Å². The Morgan fingerprint density at radius 3 is 2.12 bits per heavy atom. The number of hydrogen-bond donors (Lipinski definition) is 0. The van der Waals surface area contributed by atoms with Crippen molar-refractivity contribution in [2.75, 3.05) is 0 Å². The molecule has 0 fully saturated rings. The quantitative estimate of drug-likeness (QED) is 0.708. The van der Waals surface area contributed by atoms with Gasteiger partial charge < -0.3 is 0 Å². The molecule has 0 aliphatic carbocycles. The SMILES string of the molecule is Cc1ccc(C(=O)c2ccccc2C)c(C)c1. The van der Waals surface area contributed by atoms with Crippen molar-refractivity contribution in [1.29, 1.82) is 0 Å². The lowest BCUT2D eigenvalue weighted by Gasteiger charge is -2.08. The minimum Gasteiger partial charge on any atom is -0.289 e. The Kier molecular flexibility index (Phi) is 3.10. The number of carbonyl (C=O) groups excluding carboxylic acids is 1. The van der Waals surface area contributed by atoms with Crippen LogP contribution in [0.5, 0.6) is 0 Å². The van der Waals surface area contributed by atoms with Crippen molar-refractivity contribution in [1.82, 2.24) is 0 Å². The number of rotatable bonds is 2. The summed E-state index contributed by atoms with van der Waals surface area (Å²) >= 11 is 0.